The van der Waals surface area contributed by atoms with Crippen molar-refractivity contribution in [3.63, 3.8) is 0 Å². The second-order valence-corrected chi connectivity index (χ2v) is 4.85. The van der Waals surface area contributed by atoms with Crippen LogP contribution in [0.15, 0.2) is 24.3 Å². The van der Waals surface area contributed by atoms with Crippen LogP contribution in [-0.2, 0) is 0 Å². The molecular formula is C13H14ClN3. The van der Waals surface area contributed by atoms with E-state index >= 15 is 0 Å². The summed E-state index contributed by atoms with van der Waals surface area (Å²) in [5.41, 5.74) is 0.892. The zero-order valence-electron chi connectivity index (χ0n) is 9.65. The van der Waals surface area contributed by atoms with E-state index in [2.05, 4.69) is 22.2 Å². The summed E-state index contributed by atoms with van der Waals surface area (Å²) in [6, 6.07) is 8.49. The molecule has 2 atom stereocenters. The number of hydrogen-bond acceptors (Lipinski definition) is 3. The summed E-state index contributed by atoms with van der Waals surface area (Å²) in [5.74, 6) is 1.64. The number of para-hydroxylation sites is 1. The average molecular weight is 248 g/mol. The summed E-state index contributed by atoms with van der Waals surface area (Å²) in [5, 5.41) is 4.81. The third-order valence-electron chi connectivity index (χ3n) is 3.35. The lowest BCUT2D eigenvalue weighted by Gasteiger charge is -2.08. The Morgan fingerprint density at radius 3 is 2.94 bits per heavy atom. The van der Waals surface area contributed by atoms with Gasteiger partial charge in [-0.15, -0.1) is 0 Å². The molecule has 2 aromatic rings. The largest absolute Gasteiger partial charge is 0.366 e. The van der Waals surface area contributed by atoms with Crippen LogP contribution in [-0.4, -0.2) is 16.0 Å². The molecule has 0 aliphatic heterocycles. The maximum absolute atomic E-state index is 5.94. The van der Waals surface area contributed by atoms with Crippen molar-refractivity contribution in [3.8, 4) is 0 Å². The number of rotatable bonds is 3. The van der Waals surface area contributed by atoms with Gasteiger partial charge in [0.15, 0.2) is 0 Å². The molecule has 1 heterocycles. The summed E-state index contributed by atoms with van der Waals surface area (Å²) in [4.78, 5) is 8.51. The summed E-state index contributed by atoms with van der Waals surface area (Å²) < 4.78 is 0. The van der Waals surface area contributed by atoms with Crippen LogP contribution in [0.4, 0.5) is 5.82 Å². The summed E-state index contributed by atoms with van der Waals surface area (Å²) in [7, 11) is 0. The molecule has 1 N–H and O–H groups in total. The predicted molar refractivity (Wildman–Crippen MR) is 70.4 cm³/mol. The van der Waals surface area contributed by atoms with Crippen molar-refractivity contribution in [1.29, 1.82) is 0 Å². The highest BCUT2D eigenvalue weighted by Gasteiger charge is 2.35. The fourth-order valence-corrected chi connectivity index (χ4v) is 2.39. The Bertz CT molecular complexity index is 555. The van der Waals surface area contributed by atoms with Crippen LogP contribution >= 0.6 is 11.6 Å². The second-order valence-electron chi connectivity index (χ2n) is 4.51. The van der Waals surface area contributed by atoms with Crippen LogP contribution in [0.1, 0.15) is 19.8 Å². The van der Waals surface area contributed by atoms with Crippen molar-refractivity contribution in [2.45, 2.75) is 25.8 Å². The third-order valence-corrected chi connectivity index (χ3v) is 3.51. The first-order valence-electron chi connectivity index (χ1n) is 5.96. The number of fused-ring (bicyclic) bond motifs is 1. The van der Waals surface area contributed by atoms with Crippen LogP contribution in [0.3, 0.4) is 0 Å². The molecule has 0 bridgehead atoms. The van der Waals surface area contributed by atoms with E-state index in [-0.39, 0.29) is 0 Å². The topological polar surface area (TPSA) is 37.8 Å². The van der Waals surface area contributed by atoms with Gasteiger partial charge in [-0.3, -0.25) is 0 Å². The number of nitrogens with one attached hydrogen (secondary N) is 1. The van der Waals surface area contributed by atoms with E-state index in [9.17, 15) is 0 Å². The molecule has 2 unspecified atom stereocenters. The van der Waals surface area contributed by atoms with Gasteiger partial charge in [-0.25, -0.2) is 9.97 Å². The van der Waals surface area contributed by atoms with Crippen molar-refractivity contribution in [1.82, 2.24) is 9.97 Å². The van der Waals surface area contributed by atoms with Crippen molar-refractivity contribution < 1.29 is 0 Å². The zero-order chi connectivity index (χ0) is 11.8. The number of anilines is 1. The van der Waals surface area contributed by atoms with E-state index in [0.29, 0.717) is 11.3 Å². The minimum absolute atomic E-state index is 0.305. The Labute approximate surface area is 105 Å². The molecule has 1 aromatic heterocycles. The van der Waals surface area contributed by atoms with Gasteiger partial charge in [0.05, 0.1) is 5.52 Å². The van der Waals surface area contributed by atoms with Crippen molar-refractivity contribution >= 4 is 28.3 Å². The van der Waals surface area contributed by atoms with Gasteiger partial charge in [0.2, 0.25) is 5.28 Å². The summed E-state index contributed by atoms with van der Waals surface area (Å²) in [6.45, 7) is 2.22. The summed E-state index contributed by atoms with van der Waals surface area (Å²) in [6.07, 6.45) is 2.45. The van der Waals surface area contributed by atoms with E-state index in [0.717, 1.165) is 22.6 Å². The SMILES string of the molecule is CCC1CC1Nc1nc(Cl)nc2ccccc12. The molecule has 1 aromatic carbocycles. The molecule has 17 heavy (non-hydrogen) atoms. The molecule has 0 radical (unpaired) electrons. The zero-order valence-corrected chi connectivity index (χ0v) is 10.4. The standard InChI is InChI=1S/C13H14ClN3/c1-2-8-7-11(8)15-12-9-5-3-4-6-10(9)16-13(14)17-12/h3-6,8,11H,2,7H2,1H3,(H,15,16,17). The molecule has 1 saturated carbocycles. The van der Waals surface area contributed by atoms with Gasteiger partial charge in [-0.05, 0) is 36.1 Å². The first kappa shape index (κ1) is 10.8. The van der Waals surface area contributed by atoms with E-state index < -0.39 is 0 Å². The van der Waals surface area contributed by atoms with Gasteiger partial charge in [0.1, 0.15) is 5.82 Å². The Kier molecular flexibility index (Phi) is 2.63. The van der Waals surface area contributed by atoms with Crippen LogP contribution in [0.5, 0.6) is 0 Å². The molecule has 0 amide bonds. The maximum atomic E-state index is 5.94. The van der Waals surface area contributed by atoms with Crippen LogP contribution in [0.2, 0.25) is 5.28 Å². The highest BCUT2D eigenvalue weighted by atomic mass is 35.5. The van der Waals surface area contributed by atoms with E-state index in [1.807, 2.05) is 24.3 Å². The fourth-order valence-electron chi connectivity index (χ4n) is 2.21. The number of hydrogen-bond donors (Lipinski definition) is 1. The first-order chi connectivity index (χ1) is 8.28. The monoisotopic (exact) mass is 247 g/mol. The maximum Gasteiger partial charge on any atom is 0.224 e. The lowest BCUT2D eigenvalue weighted by atomic mass is 10.2. The van der Waals surface area contributed by atoms with Gasteiger partial charge in [-0.1, -0.05) is 25.5 Å². The molecule has 1 aliphatic carbocycles. The van der Waals surface area contributed by atoms with Gasteiger partial charge in [0.25, 0.3) is 0 Å². The molecule has 3 nitrogen and oxygen atoms in total. The molecule has 3 rings (SSSR count). The van der Waals surface area contributed by atoms with Crippen LogP contribution in [0.25, 0.3) is 10.9 Å². The van der Waals surface area contributed by atoms with E-state index in [1.54, 1.807) is 0 Å². The van der Waals surface area contributed by atoms with E-state index in [1.165, 1.54) is 12.8 Å². The summed E-state index contributed by atoms with van der Waals surface area (Å²) >= 11 is 5.94. The van der Waals surface area contributed by atoms with Crippen molar-refractivity contribution in [3.05, 3.63) is 29.5 Å². The van der Waals surface area contributed by atoms with Gasteiger partial charge in [0, 0.05) is 11.4 Å². The lowest BCUT2D eigenvalue weighted by molar-refractivity contribution is 0.773. The highest BCUT2D eigenvalue weighted by Crippen LogP contribution is 2.37. The normalized spacial score (nSPS) is 22.7. The Morgan fingerprint density at radius 1 is 1.35 bits per heavy atom. The Morgan fingerprint density at radius 2 is 2.18 bits per heavy atom. The molecule has 1 fully saturated rings. The van der Waals surface area contributed by atoms with Gasteiger partial charge >= 0.3 is 0 Å². The Balaban J connectivity index is 1.97. The molecule has 88 valence electrons. The minimum atomic E-state index is 0.305. The number of halogens is 1. The molecule has 1 aliphatic rings. The highest BCUT2D eigenvalue weighted by molar-refractivity contribution is 6.28. The third kappa shape index (κ3) is 2.07. The quantitative estimate of drug-likeness (QED) is 0.844. The van der Waals surface area contributed by atoms with Crippen molar-refractivity contribution in [2.24, 2.45) is 5.92 Å². The van der Waals surface area contributed by atoms with Gasteiger partial charge in [-0.2, -0.15) is 0 Å². The molecule has 4 heteroatoms. The van der Waals surface area contributed by atoms with Crippen LogP contribution in [0, 0.1) is 5.92 Å². The lowest BCUT2D eigenvalue weighted by Crippen LogP contribution is -2.07. The average Bonchev–Trinajstić information content (AvgIpc) is 3.07. The smallest absolute Gasteiger partial charge is 0.224 e. The van der Waals surface area contributed by atoms with E-state index in [4.69, 9.17) is 11.6 Å². The molecule has 0 spiro atoms. The second kappa shape index (κ2) is 4.15. The number of aromatic nitrogens is 2. The number of nitrogens with zero attached hydrogens (tertiary/aromatic N) is 2. The van der Waals surface area contributed by atoms with Crippen molar-refractivity contribution in [2.75, 3.05) is 5.32 Å². The molecule has 0 saturated heterocycles. The Hall–Kier alpha value is -1.35. The first-order valence-corrected chi connectivity index (χ1v) is 6.34. The van der Waals surface area contributed by atoms with Crippen LogP contribution < -0.4 is 5.32 Å². The number of benzene rings is 1. The van der Waals surface area contributed by atoms with Gasteiger partial charge < -0.3 is 5.32 Å². The molecular weight excluding hydrogens is 234 g/mol. The fraction of sp³-hybridized carbons (Fsp3) is 0.385. The predicted octanol–water partition coefficient (Wildman–Crippen LogP) is 3.49. The minimum Gasteiger partial charge on any atom is -0.366 e.